The minimum Gasteiger partial charge on any atom is -0.478 e. The van der Waals surface area contributed by atoms with E-state index in [1.54, 1.807) is 6.07 Å². The lowest BCUT2D eigenvalue weighted by Crippen LogP contribution is -2.10. The summed E-state index contributed by atoms with van der Waals surface area (Å²) in [6.07, 6.45) is 3.76. The van der Waals surface area contributed by atoms with Gasteiger partial charge in [-0.1, -0.05) is 36.8 Å². The summed E-state index contributed by atoms with van der Waals surface area (Å²) in [5.41, 5.74) is 3.80. The Bertz CT molecular complexity index is 660. The molecule has 1 N–H and O–H groups in total. The molecule has 0 heterocycles. The van der Waals surface area contributed by atoms with Crippen molar-refractivity contribution in [2.45, 2.75) is 25.2 Å². The number of hydrogen-bond donors (Lipinski definition) is 1. The Morgan fingerprint density at radius 3 is 2.55 bits per heavy atom. The minimum atomic E-state index is -0.903. The zero-order valence-corrected chi connectivity index (χ0v) is 12.6. The fourth-order valence-corrected chi connectivity index (χ4v) is 3.11. The summed E-state index contributed by atoms with van der Waals surface area (Å²) in [6, 6.07) is 13.9. The van der Waals surface area contributed by atoms with Gasteiger partial charge in [0.1, 0.15) is 0 Å². The second-order valence-corrected chi connectivity index (χ2v) is 6.07. The van der Waals surface area contributed by atoms with Crippen LogP contribution < -0.4 is 0 Å². The number of benzene rings is 2. The molecule has 102 valence electrons. The molecule has 3 rings (SSSR count). The second-order valence-electron chi connectivity index (χ2n) is 5.21. The van der Waals surface area contributed by atoms with E-state index in [1.165, 1.54) is 24.8 Å². The normalized spacial score (nSPS) is 14.8. The van der Waals surface area contributed by atoms with Crippen LogP contribution in [0, 0.1) is 0 Å². The Kier molecular flexibility index (Phi) is 3.62. The van der Waals surface area contributed by atoms with E-state index in [-0.39, 0.29) is 0 Å². The van der Waals surface area contributed by atoms with Crippen LogP contribution in [0.3, 0.4) is 0 Å². The third-order valence-electron chi connectivity index (χ3n) is 4.01. The van der Waals surface area contributed by atoms with Gasteiger partial charge in [-0.15, -0.1) is 0 Å². The molecule has 3 heteroatoms. The van der Waals surface area contributed by atoms with Gasteiger partial charge in [-0.05, 0) is 63.5 Å². The quantitative estimate of drug-likeness (QED) is 0.851. The number of aromatic carboxylic acids is 1. The Morgan fingerprint density at radius 1 is 1.15 bits per heavy atom. The second kappa shape index (κ2) is 5.41. The standard InChI is InChI=1S/C17H15BrO2/c18-16-9-8-12(10-15(16)17(19)20)14-7-2-1-6-13(14)11-4-3-5-11/h1-2,6-11H,3-5H2,(H,19,20). The van der Waals surface area contributed by atoms with Gasteiger partial charge < -0.3 is 5.11 Å². The largest absolute Gasteiger partial charge is 0.478 e. The molecule has 0 saturated heterocycles. The lowest BCUT2D eigenvalue weighted by Gasteiger charge is -2.28. The molecule has 0 unspecified atom stereocenters. The highest BCUT2D eigenvalue weighted by Crippen LogP contribution is 2.41. The molecule has 0 amide bonds. The van der Waals surface area contributed by atoms with Crippen molar-refractivity contribution < 1.29 is 9.90 Å². The summed E-state index contributed by atoms with van der Waals surface area (Å²) < 4.78 is 0.620. The third kappa shape index (κ3) is 2.38. The predicted octanol–water partition coefficient (Wildman–Crippen LogP) is 5.08. The summed E-state index contributed by atoms with van der Waals surface area (Å²) in [5, 5.41) is 9.24. The highest BCUT2D eigenvalue weighted by Gasteiger charge is 2.22. The molecule has 0 radical (unpaired) electrons. The van der Waals surface area contributed by atoms with E-state index < -0.39 is 5.97 Å². The van der Waals surface area contributed by atoms with Crippen LogP contribution in [0.15, 0.2) is 46.9 Å². The molecule has 2 aromatic rings. The first-order chi connectivity index (χ1) is 9.66. The van der Waals surface area contributed by atoms with Gasteiger partial charge >= 0.3 is 5.97 Å². The van der Waals surface area contributed by atoms with Crippen molar-refractivity contribution in [3.8, 4) is 11.1 Å². The van der Waals surface area contributed by atoms with E-state index in [4.69, 9.17) is 0 Å². The van der Waals surface area contributed by atoms with Gasteiger partial charge in [0.15, 0.2) is 0 Å². The molecular weight excluding hydrogens is 316 g/mol. The molecule has 20 heavy (non-hydrogen) atoms. The maximum absolute atomic E-state index is 11.3. The van der Waals surface area contributed by atoms with E-state index in [9.17, 15) is 9.90 Å². The molecule has 1 aliphatic rings. The zero-order valence-electron chi connectivity index (χ0n) is 11.0. The molecular formula is C17H15BrO2. The number of carbonyl (C=O) groups is 1. The molecule has 1 aliphatic carbocycles. The summed E-state index contributed by atoms with van der Waals surface area (Å²) in [5.74, 6) is -0.275. The summed E-state index contributed by atoms with van der Waals surface area (Å²) in [7, 11) is 0. The van der Waals surface area contributed by atoms with Gasteiger partial charge in [0.05, 0.1) is 5.56 Å². The number of carboxylic acids is 1. The van der Waals surface area contributed by atoms with Gasteiger partial charge in [0.2, 0.25) is 0 Å². The van der Waals surface area contributed by atoms with Crippen LogP contribution in [0.4, 0.5) is 0 Å². The van der Waals surface area contributed by atoms with Crippen LogP contribution in [-0.4, -0.2) is 11.1 Å². The Labute approximate surface area is 126 Å². The Balaban J connectivity index is 2.09. The molecule has 2 aromatic carbocycles. The van der Waals surface area contributed by atoms with Gasteiger partial charge in [0.25, 0.3) is 0 Å². The average molecular weight is 331 g/mol. The number of hydrogen-bond acceptors (Lipinski definition) is 1. The van der Waals surface area contributed by atoms with Crippen molar-refractivity contribution in [2.24, 2.45) is 0 Å². The molecule has 1 fully saturated rings. The van der Waals surface area contributed by atoms with Crippen molar-refractivity contribution in [1.29, 1.82) is 0 Å². The first kappa shape index (κ1) is 13.4. The van der Waals surface area contributed by atoms with Crippen LogP contribution >= 0.6 is 15.9 Å². The maximum atomic E-state index is 11.3. The summed E-state index contributed by atoms with van der Waals surface area (Å²) >= 11 is 3.30. The zero-order chi connectivity index (χ0) is 14.1. The lowest BCUT2D eigenvalue weighted by molar-refractivity contribution is 0.0696. The van der Waals surface area contributed by atoms with Gasteiger partial charge in [-0.2, -0.15) is 0 Å². The average Bonchev–Trinajstić information content (AvgIpc) is 2.38. The minimum absolute atomic E-state index is 0.311. The van der Waals surface area contributed by atoms with Crippen molar-refractivity contribution in [2.75, 3.05) is 0 Å². The highest BCUT2D eigenvalue weighted by molar-refractivity contribution is 9.10. The van der Waals surface area contributed by atoms with E-state index in [0.29, 0.717) is 16.0 Å². The fourth-order valence-electron chi connectivity index (χ4n) is 2.69. The molecule has 0 spiro atoms. The van der Waals surface area contributed by atoms with Crippen molar-refractivity contribution >= 4 is 21.9 Å². The smallest absolute Gasteiger partial charge is 0.336 e. The van der Waals surface area contributed by atoms with E-state index in [0.717, 1.165) is 11.1 Å². The maximum Gasteiger partial charge on any atom is 0.336 e. The van der Waals surface area contributed by atoms with E-state index in [2.05, 4.69) is 34.1 Å². The first-order valence-electron chi connectivity index (χ1n) is 6.79. The molecule has 0 atom stereocenters. The Morgan fingerprint density at radius 2 is 1.90 bits per heavy atom. The molecule has 0 aliphatic heterocycles. The van der Waals surface area contributed by atoms with Crippen molar-refractivity contribution in [1.82, 2.24) is 0 Å². The van der Waals surface area contributed by atoms with Crippen LogP contribution in [-0.2, 0) is 0 Å². The van der Waals surface area contributed by atoms with E-state index in [1.807, 2.05) is 18.2 Å². The Hall–Kier alpha value is -1.61. The lowest BCUT2D eigenvalue weighted by atomic mass is 9.77. The van der Waals surface area contributed by atoms with Crippen LogP contribution in [0.1, 0.15) is 41.1 Å². The first-order valence-corrected chi connectivity index (χ1v) is 7.58. The monoisotopic (exact) mass is 330 g/mol. The van der Waals surface area contributed by atoms with E-state index >= 15 is 0 Å². The topological polar surface area (TPSA) is 37.3 Å². The van der Waals surface area contributed by atoms with Gasteiger partial charge in [-0.25, -0.2) is 4.79 Å². The van der Waals surface area contributed by atoms with Crippen LogP contribution in [0.2, 0.25) is 0 Å². The third-order valence-corrected chi connectivity index (χ3v) is 4.71. The summed E-state index contributed by atoms with van der Waals surface area (Å²) in [4.78, 5) is 11.3. The summed E-state index contributed by atoms with van der Waals surface area (Å²) in [6.45, 7) is 0. The number of halogens is 1. The van der Waals surface area contributed by atoms with Crippen molar-refractivity contribution in [3.05, 3.63) is 58.1 Å². The molecule has 2 nitrogen and oxygen atoms in total. The highest BCUT2D eigenvalue weighted by atomic mass is 79.9. The van der Waals surface area contributed by atoms with Crippen LogP contribution in [0.5, 0.6) is 0 Å². The van der Waals surface area contributed by atoms with Crippen molar-refractivity contribution in [3.63, 3.8) is 0 Å². The van der Waals surface area contributed by atoms with Crippen LogP contribution in [0.25, 0.3) is 11.1 Å². The predicted molar refractivity (Wildman–Crippen MR) is 83.1 cm³/mol. The van der Waals surface area contributed by atoms with Gasteiger partial charge in [-0.3, -0.25) is 0 Å². The fraction of sp³-hybridized carbons (Fsp3) is 0.235. The molecule has 1 saturated carbocycles. The molecule has 0 aromatic heterocycles. The molecule has 0 bridgehead atoms. The number of carboxylic acid groups (broad SMARTS) is 1. The van der Waals surface area contributed by atoms with Gasteiger partial charge in [0, 0.05) is 4.47 Å². The number of rotatable bonds is 3. The SMILES string of the molecule is O=C(O)c1cc(-c2ccccc2C2CCC2)ccc1Br.